The molecule has 18 N–H and O–H groups in total. The molecule has 0 saturated carbocycles. The molecule has 0 heterocycles. The third kappa shape index (κ3) is 45400. The van der Waals surface area contributed by atoms with E-state index in [9.17, 15) is 0 Å². The first-order valence-electron chi connectivity index (χ1n) is 0.667. The molecule has 0 bridgehead atoms. The molecule has 0 aliphatic heterocycles. The molecule has 0 unspecified atom stereocenters. The molecule has 12 heavy (non-hydrogen) atoms. The van der Waals surface area contributed by atoms with E-state index in [1.54, 1.807) is 0 Å². The van der Waals surface area contributed by atoms with Gasteiger partial charge in [-0.05, 0) is 0 Å². The summed E-state index contributed by atoms with van der Waals surface area (Å²) in [5.74, 6) is 0. The summed E-state index contributed by atoms with van der Waals surface area (Å²) >= 11 is 0. The predicted octanol–water partition coefficient (Wildman–Crippen LogP) is -2.54. The van der Waals surface area contributed by atoms with Crippen molar-refractivity contribution in [3.05, 3.63) is 0 Å². The summed E-state index contributed by atoms with van der Waals surface area (Å²) in [7, 11) is -5.17. The Labute approximate surface area is 80.8 Å². The van der Waals surface area contributed by atoms with Crippen LogP contribution in [0.3, 0.4) is 0 Å². The Morgan fingerprint density at radius 2 is 0.750 bits per heavy atom. The molecule has 12 heteroatoms. The molecule has 0 aromatic heterocycles. The van der Waals surface area contributed by atoms with Crippen molar-refractivity contribution in [1.82, 2.24) is 24.6 Å². The maximum Gasteiger partial charge on any atom is 3.00 e. The van der Waals surface area contributed by atoms with Crippen LogP contribution in [0.25, 0.3) is 0 Å². The second-order valence-electron chi connectivity index (χ2n) is 0.408. The first kappa shape index (κ1) is 88.0. The first-order chi connectivity index (χ1) is 2.00. The molecule has 0 amide bonds. The smallest absolute Gasteiger partial charge is 0.759 e. The Bertz CT molecular complexity index is 103. The van der Waals surface area contributed by atoms with Crippen molar-refractivity contribution in [2.45, 2.75) is 0 Å². The van der Waals surface area contributed by atoms with Crippen molar-refractivity contribution in [3.63, 3.8) is 0 Å². The number of hydrogen-bond donors (Lipinski definition) is 4. The van der Waals surface area contributed by atoms with Crippen molar-refractivity contribution in [1.29, 1.82) is 0 Å². The zero-order valence-electron chi connectivity index (χ0n) is 6.36. The van der Waals surface area contributed by atoms with Gasteiger partial charge in [0.05, 0.1) is 0 Å². The zero-order chi connectivity index (χ0) is 4.50. The van der Waals surface area contributed by atoms with Gasteiger partial charge in [-0.25, -0.2) is 0 Å². The van der Waals surface area contributed by atoms with Crippen LogP contribution >= 0.6 is 0 Å². The summed E-state index contributed by atoms with van der Waals surface area (Å²) in [4.78, 5) is 0. The van der Waals surface area contributed by atoms with Gasteiger partial charge in [0.15, 0.2) is 0 Å². The average molecular weight is 261 g/mol. The third-order valence-electron chi connectivity index (χ3n) is 0. The van der Waals surface area contributed by atoms with Crippen molar-refractivity contribution >= 4 is 10.4 Å². The Kier molecular flexibility index (Phi) is 223. The summed E-state index contributed by atoms with van der Waals surface area (Å²) in [6.07, 6.45) is 0. The Hall–Kier alpha value is 0.136. The first-order valence-corrected chi connectivity index (χ1v) is 2.00. The van der Waals surface area contributed by atoms with Crippen molar-refractivity contribution in [2.24, 2.45) is 0 Å². The van der Waals surface area contributed by atoms with Crippen LogP contribution in [0.15, 0.2) is 0 Å². The van der Waals surface area contributed by atoms with E-state index in [4.69, 9.17) is 17.5 Å². The zero-order valence-corrected chi connectivity index (χ0v) is 8.22. The van der Waals surface area contributed by atoms with Crippen LogP contribution in [0.4, 0.5) is 0 Å². The molecule has 0 aliphatic rings. The minimum absolute atomic E-state index is 0. The van der Waals surface area contributed by atoms with E-state index in [-0.39, 0.29) is 52.3 Å². The Morgan fingerprint density at radius 1 is 0.750 bits per heavy atom. The van der Waals surface area contributed by atoms with Gasteiger partial charge in [0, 0.05) is 10.4 Å². The average Bonchev–Trinajstić information content (AvgIpc) is 0.722. The summed E-state index contributed by atoms with van der Waals surface area (Å²) in [6, 6.07) is 0. The van der Waals surface area contributed by atoms with Crippen LogP contribution in [0, 0.1) is 0 Å². The minimum atomic E-state index is -5.17. The normalized spacial score (nSPS) is 4.83. The van der Waals surface area contributed by atoms with Crippen LogP contribution < -0.4 is 24.6 Å². The number of rotatable bonds is 0. The maximum absolute atomic E-state index is 8.52. The van der Waals surface area contributed by atoms with E-state index in [1.165, 1.54) is 0 Å². The quantitative estimate of drug-likeness (QED) is 0.204. The van der Waals surface area contributed by atoms with Gasteiger partial charge in [0.2, 0.25) is 0 Å². The summed E-state index contributed by atoms with van der Waals surface area (Å²) in [5.41, 5.74) is 0. The van der Waals surface area contributed by atoms with Gasteiger partial charge >= 0.3 is 16.8 Å². The standard InChI is InChI=1S/Co.4H3N.H2O4S.2H2O/c;;;;;1-5(2,3)4;;/h;4*1H3;(H2,1,2,3,4);2*1H2/q+3;;;;;;;. The van der Waals surface area contributed by atoms with Gasteiger partial charge in [0.25, 0.3) is 0 Å². The van der Waals surface area contributed by atoms with Gasteiger partial charge in [-0.1, -0.05) is 0 Å². The van der Waals surface area contributed by atoms with Crippen LogP contribution in [0.5, 0.6) is 0 Å². The predicted molar refractivity (Wildman–Crippen MR) is 40.3 cm³/mol. The molecule has 0 aromatic rings. The van der Waals surface area contributed by atoms with E-state index in [0.717, 1.165) is 0 Å². The molecule has 86 valence electrons. The fraction of sp³-hybridized carbons (Fsp3) is 0. The van der Waals surface area contributed by atoms with Gasteiger partial charge < -0.3 is 44.7 Å². The van der Waals surface area contributed by atoms with E-state index in [1.807, 2.05) is 0 Å². The SMILES string of the molecule is N.N.N.N.O=S(=O)([O-])[O-].[Co+3].[OH3+].[OH3+]. The summed E-state index contributed by atoms with van der Waals surface area (Å²) in [5, 5.41) is 0. The van der Waals surface area contributed by atoms with Crippen molar-refractivity contribution < 1.29 is 45.3 Å². The van der Waals surface area contributed by atoms with Crippen molar-refractivity contribution in [3.8, 4) is 0 Å². The van der Waals surface area contributed by atoms with Gasteiger partial charge in [0.1, 0.15) is 0 Å². The van der Waals surface area contributed by atoms with E-state index < -0.39 is 10.4 Å². The Balaban J connectivity index is -0.00000000381. The fourth-order valence-electron chi connectivity index (χ4n) is 0. The molecule has 0 aromatic carbocycles. The molecule has 0 rings (SSSR count). The molecule has 0 spiro atoms. The molecule has 0 radical (unpaired) electrons. The summed E-state index contributed by atoms with van der Waals surface area (Å²) < 4.78 is 34.1. The Morgan fingerprint density at radius 3 is 0.750 bits per heavy atom. The van der Waals surface area contributed by atoms with Crippen LogP contribution in [-0.2, 0) is 38.1 Å². The van der Waals surface area contributed by atoms with E-state index >= 15 is 0 Å². The largest absolute Gasteiger partial charge is 3.00 e. The van der Waals surface area contributed by atoms with Crippen LogP contribution in [0.1, 0.15) is 0 Å². The van der Waals surface area contributed by atoms with Crippen LogP contribution in [0.2, 0.25) is 0 Å². The van der Waals surface area contributed by atoms with Gasteiger partial charge in [-0.15, -0.1) is 0 Å². The van der Waals surface area contributed by atoms with E-state index in [0.29, 0.717) is 0 Å². The number of hydrogen-bond acceptors (Lipinski definition) is 8. The van der Waals surface area contributed by atoms with E-state index in [2.05, 4.69) is 0 Å². The third-order valence-corrected chi connectivity index (χ3v) is 0. The van der Waals surface area contributed by atoms with Gasteiger partial charge in [-0.2, -0.15) is 0 Å². The molecular formula is H18CoN4O6S+3. The molecule has 0 fully saturated rings. The molecule has 10 nitrogen and oxygen atoms in total. The van der Waals surface area contributed by atoms with Crippen molar-refractivity contribution in [2.75, 3.05) is 0 Å². The monoisotopic (exact) mass is 261 g/mol. The maximum atomic E-state index is 8.52. The van der Waals surface area contributed by atoms with Gasteiger partial charge in [-0.3, -0.25) is 8.42 Å². The fourth-order valence-corrected chi connectivity index (χ4v) is 0. The second-order valence-corrected chi connectivity index (χ2v) is 1.22. The molecule has 0 saturated heterocycles. The second kappa shape index (κ2) is 30.4. The molecular weight excluding hydrogens is 243 g/mol. The molecule has 0 aliphatic carbocycles. The topological polar surface area (TPSA) is 286 Å². The minimum Gasteiger partial charge on any atom is -0.759 e. The van der Waals surface area contributed by atoms with Crippen LogP contribution in [-0.4, -0.2) is 17.5 Å². The molecule has 0 atom stereocenters. The summed E-state index contributed by atoms with van der Waals surface area (Å²) in [6.45, 7) is 0.